The van der Waals surface area contributed by atoms with Gasteiger partial charge in [0.2, 0.25) is 0 Å². The lowest BCUT2D eigenvalue weighted by Gasteiger charge is -2.27. The molecule has 0 radical (unpaired) electrons. The summed E-state index contributed by atoms with van der Waals surface area (Å²) in [5, 5.41) is 4.52. The topological polar surface area (TPSA) is 54.1 Å². The van der Waals surface area contributed by atoms with Crippen LogP contribution in [0.3, 0.4) is 0 Å². The van der Waals surface area contributed by atoms with Crippen molar-refractivity contribution in [1.82, 2.24) is 10.3 Å². The highest BCUT2D eigenvalue weighted by atomic mass is 16.5. The van der Waals surface area contributed by atoms with E-state index in [1.807, 2.05) is 19.1 Å². The Kier molecular flexibility index (Phi) is 3.03. The van der Waals surface area contributed by atoms with Crippen LogP contribution >= 0.6 is 0 Å². The van der Waals surface area contributed by atoms with E-state index in [9.17, 15) is 4.79 Å². The zero-order valence-corrected chi connectivity index (χ0v) is 11.2. The van der Waals surface area contributed by atoms with Gasteiger partial charge in [0.1, 0.15) is 6.04 Å². The summed E-state index contributed by atoms with van der Waals surface area (Å²) >= 11 is 0. The molecule has 4 heteroatoms. The number of carbonyl (C=O) groups excluding carboxylic acids is 1. The van der Waals surface area contributed by atoms with E-state index in [1.165, 1.54) is 16.6 Å². The van der Waals surface area contributed by atoms with Crippen molar-refractivity contribution >= 4 is 16.9 Å². The highest BCUT2D eigenvalue weighted by molar-refractivity contribution is 5.87. The van der Waals surface area contributed by atoms with Crippen molar-refractivity contribution < 1.29 is 9.53 Å². The Morgan fingerprint density at radius 1 is 1.42 bits per heavy atom. The molecule has 1 aliphatic heterocycles. The number of para-hydroxylation sites is 1. The number of benzene rings is 1. The average Bonchev–Trinajstić information content (AvgIpc) is 2.78. The number of ether oxygens (including phenoxy) is 1. The maximum Gasteiger partial charge on any atom is 0.323 e. The van der Waals surface area contributed by atoms with Crippen LogP contribution < -0.4 is 5.32 Å². The van der Waals surface area contributed by atoms with Gasteiger partial charge in [-0.3, -0.25) is 10.1 Å². The molecule has 2 atom stereocenters. The lowest BCUT2D eigenvalue weighted by Crippen LogP contribution is -2.44. The van der Waals surface area contributed by atoms with Crippen LogP contribution in [0.2, 0.25) is 0 Å². The number of aromatic nitrogens is 1. The van der Waals surface area contributed by atoms with Gasteiger partial charge in [-0.25, -0.2) is 0 Å². The summed E-state index contributed by atoms with van der Waals surface area (Å²) in [5.74, 6) is -0.162. The first-order chi connectivity index (χ1) is 9.20. The minimum atomic E-state index is -0.248. The van der Waals surface area contributed by atoms with Crippen molar-refractivity contribution in [1.29, 1.82) is 0 Å². The molecule has 4 nitrogen and oxygen atoms in total. The van der Waals surface area contributed by atoms with E-state index in [2.05, 4.69) is 29.4 Å². The Bertz CT molecular complexity index is 618. The van der Waals surface area contributed by atoms with Gasteiger partial charge in [-0.05, 0) is 25.5 Å². The quantitative estimate of drug-likeness (QED) is 0.813. The van der Waals surface area contributed by atoms with Crippen LogP contribution in [-0.4, -0.2) is 23.6 Å². The van der Waals surface area contributed by atoms with Crippen molar-refractivity contribution in [3.05, 3.63) is 35.5 Å². The predicted molar refractivity (Wildman–Crippen MR) is 74.0 cm³/mol. The van der Waals surface area contributed by atoms with Crippen molar-refractivity contribution in [3.63, 3.8) is 0 Å². The fourth-order valence-corrected chi connectivity index (χ4v) is 2.85. The number of hydrogen-bond acceptors (Lipinski definition) is 3. The fourth-order valence-electron chi connectivity index (χ4n) is 2.85. The second-order valence-corrected chi connectivity index (χ2v) is 4.96. The van der Waals surface area contributed by atoms with Gasteiger partial charge in [-0.15, -0.1) is 0 Å². The molecule has 0 amide bonds. The molecule has 0 spiro atoms. The molecule has 1 unspecified atom stereocenters. The molecule has 0 bridgehead atoms. The van der Waals surface area contributed by atoms with Crippen LogP contribution in [0.15, 0.2) is 24.3 Å². The van der Waals surface area contributed by atoms with Gasteiger partial charge in [0.15, 0.2) is 0 Å². The van der Waals surface area contributed by atoms with E-state index in [1.54, 1.807) is 0 Å². The maximum absolute atomic E-state index is 11.9. The van der Waals surface area contributed by atoms with Crippen LogP contribution in [0, 0.1) is 0 Å². The molecule has 1 aliphatic rings. The molecule has 19 heavy (non-hydrogen) atoms. The lowest BCUT2D eigenvalue weighted by atomic mass is 9.95. The molecule has 1 aromatic heterocycles. The lowest BCUT2D eigenvalue weighted by molar-refractivity contribution is -0.146. The number of hydrogen-bond donors (Lipinski definition) is 2. The summed E-state index contributed by atoms with van der Waals surface area (Å²) in [6.07, 6.45) is 0.683. The van der Waals surface area contributed by atoms with Crippen LogP contribution in [0.25, 0.3) is 10.9 Å². The minimum Gasteiger partial charge on any atom is -0.465 e. The summed E-state index contributed by atoms with van der Waals surface area (Å²) in [6, 6.07) is 8.10. The van der Waals surface area contributed by atoms with Crippen LogP contribution in [0.1, 0.15) is 31.1 Å². The molecule has 1 aromatic carbocycles. The number of aromatic amines is 1. The van der Waals surface area contributed by atoms with Gasteiger partial charge >= 0.3 is 5.97 Å². The second kappa shape index (κ2) is 4.70. The van der Waals surface area contributed by atoms with Crippen molar-refractivity contribution in [2.75, 3.05) is 6.61 Å². The standard InChI is InChI=1S/C15H18N2O2/c1-3-19-15(18)13-8-11-10-6-4-5-7-12(10)17-14(11)9(2)16-13/h4-7,9,13,16-17H,3,8H2,1-2H3/t9?,13-/m0/s1. The van der Waals surface area contributed by atoms with Gasteiger partial charge in [-0.2, -0.15) is 0 Å². The van der Waals surface area contributed by atoms with E-state index in [0.717, 1.165) is 5.52 Å². The van der Waals surface area contributed by atoms with Gasteiger partial charge in [0, 0.05) is 29.1 Å². The number of carbonyl (C=O) groups is 1. The summed E-state index contributed by atoms with van der Waals surface area (Å²) in [6.45, 7) is 4.33. The zero-order chi connectivity index (χ0) is 13.4. The van der Waals surface area contributed by atoms with E-state index in [0.29, 0.717) is 13.0 Å². The van der Waals surface area contributed by atoms with E-state index in [-0.39, 0.29) is 18.1 Å². The Morgan fingerprint density at radius 2 is 2.21 bits per heavy atom. The molecule has 3 rings (SSSR count). The summed E-state index contributed by atoms with van der Waals surface area (Å²) in [4.78, 5) is 15.4. The van der Waals surface area contributed by atoms with Crippen molar-refractivity contribution in [3.8, 4) is 0 Å². The zero-order valence-electron chi connectivity index (χ0n) is 11.2. The Balaban J connectivity index is 2.00. The number of nitrogens with one attached hydrogen (secondary N) is 2. The normalized spacial score (nSPS) is 22.2. The third kappa shape index (κ3) is 2.02. The first kappa shape index (κ1) is 12.2. The third-order valence-corrected chi connectivity index (χ3v) is 3.71. The Morgan fingerprint density at radius 3 is 3.00 bits per heavy atom. The highest BCUT2D eigenvalue weighted by Crippen LogP contribution is 2.31. The monoisotopic (exact) mass is 258 g/mol. The maximum atomic E-state index is 11.9. The number of H-pyrrole nitrogens is 1. The van der Waals surface area contributed by atoms with E-state index < -0.39 is 0 Å². The van der Waals surface area contributed by atoms with Crippen molar-refractivity contribution in [2.45, 2.75) is 32.4 Å². The first-order valence-electron chi connectivity index (χ1n) is 6.73. The second-order valence-electron chi connectivity index (χ2n) is 4.96. The van der Waals surface area contributed by atoms with Crippen LogP contribution in [0.5, 0.6) is 0 Å². The Labute approximate surface area is 112 Å². The van der Waals surface area contributed by atoms with Gasteiger partial charge < -0.3 is 9.72 Å². The molecular weight excluding hydrogens is 240 g/mol. The highest BCUT2D eigenvalue weighted by Gasteiger charge is 2.31. The largest absolute Gasteiger partial charge is 0.465 e. The van der Waals surface area contributed by atoms with Crippen molar-refractivity contribution in [2.24, 2.45) is 0 Å². The molecule has 2 heterocycles. The molecule has 0 saturated heterocycles. The van der Waals surface area contributed by atoms with E-state index >= 15 is 0 Å². The molecule has 100 valence electrons. The first-order valence-corrected chi connectivity index (χ1v) is 6.73. The fraction of sp³-hybridized carbons (Fsp3) is 0.400. The average molecular weight is 258 g/mol. The summed E-state index contributed by atoms with van der Waals surface area (Å²) in [5.41, 5.74) is 3.55. The number of esters is 1. The smallest absolute Gasteiger partial charge is 0.323 e. The Hall–Kier alpha value is -1.81. The van der Waals surface area contributed by atoms with Gasteiger partial charge in [-0.1, -0.05) is 18.2 Å². The van der Waals surface area contributed by atoms with Gasteiger partial charge in [0.25, 0.3) is 0 Å². The SMILES string of the molecule is CCOC(=O)[C@@H]1Cc2c([nH]c3ccccc23)C(C)N1. The molecule has 2 aromatic rings. The minimum absolute atomic E-state index is 0.130. The molecular formula is C15H18N2O2. The third-order valence-electron chi connectivity index (χ3n) is 3.71. The van der Waals surface area contributed by atoms with Crippen LogP contribution in [0.4, 0.5) is 0 Å². The molecule has 0 fully saturated rings. The summed E-state index contributed by atoms with van der Waals surface area (Å²) in [7, 11) is 0. The van der Waals surface area contributed by atoms with Gasteiger partial charge in [0.05, 0.1) is 6.61 Å². The molecule has 0 saturated carbocycles. The van der Waals surface area contributed by atoms with E-state index in [4.69, 9.17) is 4.74 Å². The molecule has 0 aliphatic carbocycles. The summed E-state index contributed by atoms with van der Waals surface area (Å²) < 4.78 is 5.12. The van der Waals surface area contributed by atoms with Crippen LogP contribution in [-0.2, 0) is 16.0 Å². The predicted octanol–water partition coefficient (Wildman–Crippen LogP) is 2.31. The number of rotatable bonds is 2. The molecule has 2 N–H and O–H groups in total. The number of fused-ring (bicyclic) bond motifs is 3.